The lowest BCUT2D eigenvalue weighted by atomic mass is 9.97. The Morgan fingerprint density at radius 2 is 1.92 bits per heavy atom. The Labute approximate surface area is 143 Å². The number of piperidine rings is 1. The minimum absolute atomic E-state index is 0.125. The van der Waals surface area contributed by atoms with E-state index in [2.05, 4.69) is 29.2 Å². The molecule has 1 fully saturated rings. The number of carbonyl (C=O) groups excluding carboxylic acids is 2. The van der Waals surface area contributed by atoms with Crippen LogP contribution in [-0.4, -0.2) is 47.3 Å². The highest BCUT2D eigenvalue weighted by molar-refractivity contribution is 5.83. The van der Waals surface area contributed by atoms with Gasteiger partial charge in [0.2, 0.25) is 11.8 Å². The Bertz CT molecular complexity index is 616. The fourth-order valence-electron chi connectivity index (χ4n) is 3.89. The molecule has 0 aliphatic carbocycles. The third kappa shape index (κ3) is 3.61. The Kier molecular flexibility index (Phi) is 5.19. The van der Waals surface area contributed by atoms with Crippen LogP contribution in [0, 0.1) is 5.92 Å². The summed E-state index contributed by atoms with van der Waals surface area (Å²) < 4.78 is 0. The average Bonchev–Trinajstić information content (AvgIpc) is 2.83. The predicted octanol–water partition coefficient (Wildman–Crippen LogP) is 1.55. The van der Waals surface area contributed by atoms with Crippen molar-refractivity contribution in [2.75, 3.05) is 19.6 Å². The van der Waals surface area contributed by atoms with Gasteiger partial charge in [0.25, 0.3) is 0 Å². The highest BCUT2D eigenvalue weighted by Gasteiger charge is 2.32. The van der Waals surface area contributed by atoms with Crippen LogP contribution in [0.2, 0.25) is 0 Å². The molecule has 3 rings (SSSR count). The van der Waals surface area contributed by atoms with Crippen molar-refractivity contribution in [2.45, 2.75) is 45.2 Å². The minimum atomic E-state index is -0.288. The zero-order chi connectivity index (χ0) is 17.1. The van der Waals surface area contributed by atoms with E-state index in [4.69, 9.17) is 5.73 Å². The lowest BCUT2D eigenvalue weighted by Crippen LogP contribution is -2.51. The number of aryl methyl sites for hydroxylation is 1. The molecule has 1 saturated heterocycles. The molecule has 2 aliphatic rings. The number of likely N-dealkylation sites (tertiary alicyclic amines) is 1. The predicted molar refractivity (Wildman–Crippen MR) is 93.1 cm³/mol. The summed E-state index contributed by atoms with van der Waals surface area (Å²) >= 11 is 0. The number of fused-ring (bicyclic) bond motifs is 1. The first-order valence-corrected chi connectivity index (χ1v) is 8.95. The minimum Gasteiger partial charge on any atom is -0.369 e. The third-order valence-electron chi connectivity index (χ3n) is 5.42. The lowest BCUT2D eigenvalue weighted by Gasteiger charge is -2.36. The Hall–Kier alpha value is -1.88. The van der Waals surface area contributed by atoms with E-state index in [0.717, 1.165) is 45.3 Å². The van der Waals surface area contributed by atoms with E-state index in [-0.39, 0.29) is 23.8 Å². The normalized spacial score (nSPS) is 23.2. The van der Waals surface area contributed by atoms with Gasteiger partial charge < -0.3 is 10.6 Å². The first-order valence-electron chi connectivity index (χ1n) is 8.95. The second-order valence-corrected chi connectivity index (χ2v) is 7.04. The number of carbonyl (C=O) groups is 2. The summed E-state index contributed by atoms with van der Waals surface area (Å²) in [7, 11) is 0. The van der Waals surface area contributed by atoms with Crippen LogP contribution >= 0.6 is 0 Å². The molecule has 2 heterocycles. The summed E-state index contributed by atoms with van der Waals surface area (Å²) in [4.78, 5) is 28.5. The smallest absolute Gasteiger partial charge is 0.239 e. The number of nitrogens with two attached hydrogens (primary N) is 1. The number of nitrogens with zero attached hydrogens (tertiary/aromatic N) is 2. The van der Waals surface area contributed by atoms with Gasteiger partial charge in [-0.1, -0.05) is 24.3 Å². The molecule has 2 unspecified atom stereocenters. The molecule has 0 radical (unpaired) electrons. The van der Waals surface area contributed by atoms with E-state index in [1.165, 1.54) is 11.1 Å². The van der Waals surface area contributed by atoms with E-state index in [0.29, 0.717) is 6.54 Å². The zero-order valence-electron chi connectivity index (χ0n) is 14.4. The van der Waals surface area contributed by atoms with E-state index in [1.807, 2.05) is 11.8 Å². The van der Waals surface area contributed by atoms with Gasteiger partial charge in [-0.05, 0) is 50.3 Å². The summed E-state index contributed by atoms with van der Waals surface area (Å²) in [5, 5.41) is 0. The van der Waals surface area contributed by atoms with Crippen molar-refractivity contribution in [3.63, 3.8) is 0 Å². The van der Waals surface area contributed by atoms with Crippen molar-refractivity contribution in [3.05, 3.63) is 35.4 Å². The van der Waals surface area contributed by atoms with E-state index >= 15 is 0 Å². The van der Waals surface area contributed by atoms with Gasteiger partial charge in [0.05, 0.1) is 12.0 Å². The van der Waals surface area contributed by atoms with Crippen LogP contribution in [0.4, 0.5) is 0 Å². The highest BCUT2D eigenvalue weighted by Crippen LogP contribution is 2.22. The van der Waals surface area contributed by atoms with Crippen LogP contribution in [0.15, 0.2) is 24.3 Å². The maximum atomic E-state index is 12.9. The molecule has 2 N–H and O–H groups in total. The molecule has 5 nitrogen and oxygen atoms in total. The molecule has 2 amide bonds. The van der Waals surface area contributed by atoms with Crippen molar-refractivity contribution in [3.8, 4) is 0 Å². The number of hydrogen-bond donors (Lipinski definition) is 1. The lowest BCUT2D eigenvalue weighted by molar-refractivity contribution is -0.139. The van der Waals surface area contributed by atoms with Gasteiger partial charge in [0.15, 0.2) is 0 Å². The zero-order valence-corrected chi connectivity index (χ0v) is 14.4. The molecule has 0 spiro atoms. The van der Waals surface area contributed by atoms with Crippen LogP contribution in [-0.2, 0) is 22.6 Å². The van der Waals surface area contributed by atoms with Crippen LogP contribution in [0.3, 0.4) is 0 Å². The quantitative estimate of drug-likeness (QED) is 0.915. The van der Waals surface area contributed by atoms with Crippen molar-refractivity contribution < 1.29 is 9.59 Å². The Morgan fingerprint density at radius 1 is 1.17 bits per heavy atom. The second kappa shape index (κ2) is 7.34. The van der Waals surface area contributed by atoms with Gasteiger partial charge in [-0.15, -0.1) is 0 Å². The summed E-state index contributed by atoms with van der Waals surface area (Å²) in [5.74, 6) is -0.357. The monoisotopic (exact) mass is 329 g/mol. The van der Waals surface area contributed by atoms with Gasteiger partial charge >= 0.3 is 0 Å². The van der Waals surface area contributed by atoms with Crippen molar-refractivity contribution in [1.82, 2.24) is 9.80 Å². The molecule has 1 aromatic rings. The number of rotatable bonds is 3. The standard InChI is InChI=1S/C19H27N3O2/c1-14(19(24)22-11-5-9-17(13-22)18(20)23)21-10-4-8-15-6-2-3-7-16(15)12-21/h2-3,6-7,14,17H,4-5,8-13H2,1H3,(H2,20,23). The van der Waals surface area contributed by atoms with Crippen molar-refractivity contribution >= 4 is 11.8 Å². The number of benzene rings is 1. The molecule has 2 aliphatic heterocycles. The van der Waals surface area contributed by atoms with Crippen LogP contribution in [0.25, 0.3) is 0 Å². The number of primary amides is 1. The SMILES string of the molecule is CC(C(=O)N1CCCC(C(N)=O)C1)N1CCCc2ccccc2C1. The van der Waals surface area contributed by atoms with Gasteiger partial charge in [-0.25, -0.2) is 0 Å². The first kappa shape index (κ1) is 17.0. The van der Waals surface area contributed by atoms with Crippen molar-refractivity contribution in [2.24, 2.45) is 11.7 Å². The van der Waals surface area contributed by atoms with Gasteiger partial charge in [-0.2, -0.15) is 0 Å². The molecule has 5 heteroatoms. The first-order chi connectivity index (χ1) is 11.6. The summed E-state index contributed by atoms with van der Waals surface area (Å²) in [6, 6.07) is 8.34. The van der Waals surface area contributed by atoms with Crippen LogP contribution in [0.1, 0.15) is 37.3 Å². The molecular weight excluding hydrogens is 302 g/mol. The molecule has 130 valence electrons. The molecular formula is C19H27N3O2. The van der Waals surface area contributed by atoms with Gasteiger partial charge in [0, 0.05) is 19.6 Å². The maximum Gasteiger partial charge on any atom is 0.239 e. The van der Waals surface area contributed by atoms with Gasteiger partial charge in [0.1, 0.15) is 0 Å². The molecule has 0 saturated carbocycles. The Morgan fingerprint density at radius 3 is 2.67 bits per heavy atom. The second-order valence-electron chi connectivity index (χ2n) is 7.04. The molecule has 1 aromatic carbocycles. The van der Waals surface area contributed by atoms with E-state index in [1.54, 1.807) is 0 Å². The van der Waals surface area contributed by atoms with Gasteiger partial charge in [-0.3, -0.25) is 14.5 Å². The van der Waals surface area contributed by atoms with Crippen molar-refractivity contribution in [1.29, 1.82) is 0 Å². The third-order valence-corrected chi connectivity index (χ3v) is 5.42. The summed E-state index contributed by atoms with van der Waals surface area (Å²) in [6.45, 7) is 4.94. The van der Waals surface area contributed by atoms with E-state index in [9.17, 15) is 9.59 Å². The average molecular weight is 329 g/mol. The summed E-state index contributed by atoms with van der Waals surface area (Å²) in [5.41, 5.74) is 8.15. The number of hydrogen-bond acceptors (Lipinski definition) is 3. The fourth-order valence-corrected chi connectivity index (χ4v) is 3.89. The molecule has 24 heavy (non-hydrogen) atoms. The largest absolute Gasteiger partial charge is 0.369 e. The topological polar surface area (TPSA) is 66.6 Å². The van der Waals surface area contributed by atoms with E-state index < -0.39 is 0 Å². The Balaban J connectivity index is 1.68. The summed E-state index contributed by atoms with van der Waals surface area (Å²) in [6.07, 6.45) is 3.79. The van der Waals surface area contributed by atoms with Crippen LogP contribution < -0.4 is 5.73 Å². The molecule has 0 bridgehead atoms. The molecule has 0 aromatic heterocycles. The highest BCUT2D eigenvalue weighted by atomic mass is 16.2. The number of amides is 2. The van der Waals surface area contributed by atoms with Crippen LogP contribution in [0.5, 0.6) is 0 Å². The molecule has 2 atom stereocenters. The fraction of sp³-hybridized carbons (Fsp3) is 0.579. The maximum absolute atomic E-state index is 12.9.